The summed E-state index contributed by atoms with van der Waals surface area (Å²) in [5.41, 5.74) is 0. The van der Waals surface area contributed by atoms with Crippen LogP contribution in [0.2, 0.25) is 0 Å². The van der Waals surface area contributed by atoms with Crippen LogP contribution in [0.25, 0.3) is 0 Å². The maximum absolute atomic E-state index is 7.50. The molecule has 12 heteroatoms. The van der Waals surface area contributed by atoms with Crippen molar-refractivity contribution in [1.82, 2.24) is 0 Å². The fraction of sp³-hybridized carbons (Fsp3) is 0.200. The molecule has 2 saturated carbocycles. The third-order valence-electron chi connectivity index (χ3n) is 2.71. The molecule has 0 bridgehead atoms. The molecule has 0 N–H and O–H groups in total. The van der Waals surface area contributed by atoms with E-state index in [0.717, 1.165) is 0 Å². The van der Waals surface area contributed by atoms with Crippen LogP contribution in [0.3, 0.4) is 0 Å². The fourth-order valence-electron chi connectivity index (χ4n) is 1.58. The van der Waals surface area contributed by atoms with E-state index >= 15 is 0 Å². The molecule has 0 aromatic carbocycles. The van der Waals surface area contributed by atoms with Gasteiger partial charge in [-0.2, -0.15) is 0 Å². The number of hydrogen-bond donors (Lipinski definition) is 0. The van der Waals surface area contributed by atoms with Gasteiger partial charge in [0.2, 0.25) is 0 Å². The molecule has 0 saturated heterocycles. The van der Waals surface area contributed by atoms with Crippen molar-refractivity contribution in [3.05, 3.63) is 90.8 Å². The molecule has 0 atom stereocenters. The van der Waals surface area contributed by atoms with E-state index in [0.29, 0.717) is 0 Å². The van der Waals surface area contributed by atoms with Crippen LogP contribution < -0.4 is 0 Å². The Hall–Kier alpha value is -0.774. The summed E-state index contributed by atoms with van der Waals surface area (Å²) >= 11 is 2.33. The van der Waals surface area contributed by atoms with Gasteiger partial charge in [-0.05, 0) is 64.2 Å². The van der Waals surface area contributed by atoms with E-state index in [1.165, 1.54) is 38.3 Å². The molecule has 164 valence electrons. The second-order valence-corrected chi connectivity index (χ2v) is 6.23. The van der Waals surface area contributed by atoms with Crippen LogP contribution in [0, 0.1) is 99.6 Å². The zero-order valence-electron chi connectivity index (χ0n) is 18.1. The van der Waals surface area contributed by atoms with Crippen LogP contribution in [0.1, 0.15) is 0 Å². The summed E-state index contributed by atoms with van der Waals surface area (Å²) in [6.45, 7) is 17.7. The summed E-state index contributed by atoms with van der Waals surface area (Å²) in [7, 11) is 7.78. The van der Waals surface area contributed by atoms with Crippen LogP contribution in [0.5, 0.6) is 0 Å². The molecule has 0 amide bonds. The third kappa shape index (κ3) is 31.4. The maximum Gasteiger partial charge on any atom is -0.0312 e. The Kier molecular flexibility index (Phi) is 52.6. The van der Waals surface area contributed by atoms with Crippen molar-refractivity contribution in [2.24, 2.45) is 0 Å². The molecule has 2 rings (SSSR count). The largest absolute Gasteiger partial charge is 0.0312 e. The van der Waals surface area contributed by atoms with Crippen molar-refractivity contribution in [1.29, 1.82) is 0 Å². The van der Waals surface area contributed by atoms with Crippen LogP contribution in [0.15, 0.2) is 0 Å². The average Bonchev–Trinajstić information content (AvgIpc) is 3.60. The SMILES string of the molecule is C[N+](C)=[B-](O[C]#[W+])[B-](O[C]#[W+])=[N+](C)C.[C-]#[O+].[C-]#[O+].[C-]#[O+].[C-]#[O+].[CH]1[CH][CH][CH][CH]1.[CH]1[CH][CH][CH][CH]1. The molecule has 10 radical (unpaired) electrons. The summed E-state index contributed by atoms with van der Waals surface area (Å²) < 4.78 is 50.2. The second kappa shape index (κ2) is 40.6. The molecule has 8 nitrogen and oxygen atoms in total. The van der Waals surface area contributed by atoms with Crippen molar-refractivity contribution in [3.8, 4) is 8.78 Å². The Bertz CT molecular complexity index is 576. The zero-order valence-corrected chi connectivity index (χ0v) is 24.0. The Balaban J connectivity index is -0.000000110. The smallest absolute Gasteiger partial charge is 0.0312 e. The maximum atomic E-state index is 7.50. The van der Waals surface area contributed by atoms with Gasteiger partial charge >= 0.3 is 152 Å². The molecule has 0 aromatic heterocycles. The van der Waals surface area contributed by atoms with Crippen molar-refractivity contribution >= 4 is 13.2 Å². The molecular weight excluding hydrogens is 754 g/mol. The van der Waals surface area contributed by atoms with Crippen molar-refractivity contribution < 1.29 is 75.2 Å². The zero-order chi connectivity index (χ0) is 26.2. The summed E-state index contributed by atoms with van der Waals surface area (Å²) in [6, 6.07) is 0. The third-order valence-corrected chi connectivity index (χ3v) is 3.40. The normalized spacial score (nSPS) is 11.2. The predicted octanol–water partition coefficient (Wildman–Crippen LogP) is 0.976. The van der Waals surface area contributed by atoms with E-state index in [-0.39, 0.29) is 13.2 Å². The van der Waals surface area contributed by atoms with Crippen molar-refractivity contribution in [3.63, 3.8) is 0 Å². The average molecular weight is 776 g/mol. The minimum atomic E-state index is -0.158. The van der Waals surface area contributed by atoms with E-state index < -0.39 is 0 Å². The molecule has 0 aromatic rings. The number of hydrogen-bond acceptors (Lipinski definition) is 2. The second-order valence-electron chi connectivity index (χ2n) is 5.04. The van der Waals surface area contributed by atoms with Gasteiger partial charge in [-0.1, -0.05) is 0 Å². The molecule has 2 aliphatic rings. The first-order chi connectivity index (χ1) is 15.5. The van der Waals surface area contributed by atoms with E-state index in [1.807, 2.05) is 101 Å². The van der Waals surface area contributed by atoms with E-state index in [1.54, 1.807) is 0 Å². The standard InChI is InChI=1S/C6H12B2N2O2.2C5H5.4CO.2W/c1-9(2)7(11-5)8(12-6)10(3)4;2*1-2-4-5-3-1;4*1-2;;/h1-4H3;2*1-5H;;;;;;/q;;;;;;;2*+1. The minimum Gasteiger partial charge on any atom is -0.0312 e. The molecule has 32 heavy (non-hydrogen) atoms. The molecule has 0 unspecified atom stereocenters. The molecule has 0 aliphatic heterocycles. The molecular formula is C20H22B2N2O6W2+2. The van der Waals surface area contributed by atoms with Gasteiger partial charge in [-0.25, -0.2) is 0 Å². The minimum absolute atomic E-state index is 0.158. The summed E-state index contributed by atoms with van der Waals surface area (Å²) in [4.78, 5) is 0. The Labute approximate surface area is 215 Å². The fourth-order valence-corrected chi connectivity index (χ4v) is 2.29. The summed E-state index contributed by atoms with van der Waals surface area (Å²) in [5, 5.41) is 0. The Morgan fingerprint density at radius 1 is 0.531 bits per heavy atom. The van der Waals surface area contributed by atoms with Crippen LogP contribution in [-0.4, -0.2) is 50.3 Å². The number of nitrogens with zero attached hydrogens (tertiary/aromatic N) is 2. The van der Waals surface area contributed by atoms with E-state index in [4.69, 9.17) is 27.9 Å². The van der Waals surface area contributed by atoms with Gasteiger partial charge in [0.25, 0.3) is 0 Å². The van der Waals surface area contributed by atoms with Crippen molar-refractivity contribution in [2.75, 3.05) is 28.2 Å². The quantitative estimate of drug-likeness (QED) is 0.243. The number of rotatable bonds is 3. The van der Waals surface area contributed by atoms with Gasteiger partial charge in [0.1, 0.15) is 0 Å². The van der Waals surface area contributed by atoms with Gasteiger partial charge in [-0.3, -0.25) is 0 Å². The van der Waals surface area contributed by atoms with Crippen LogP contribution >= 0.6 is 0 Å². The first kappa shape index (κ1) is 41.5. The van der Waals surface area contributed by atoms with Gasteiger partial charge in [0.05, 0.1) is 0 Å². The van der Waals surface area contributed by atoms with Crippen molar-refractivity contribution in [2.45, 2.75) is 0 Å². The van der Waals surface area contributed by atoms with Crippen LogP contribution in [-0.2, 0) is 66.2 Å². The summed E-state index contributed by atoms with van der Waals surface area (Å²) in [6.07, 6.45) is 20.0. The van der Waals surface area contributed by atoms with E-state index in [9.17, 15) is 0 Å². The summed E-state index contributed by atoms with van der Waals surface area (Å²) in [5.74, 6) is 0. The van der Waals surface area contributed by atoms with E-state index in [2.05, 4.69) is 35.4 Å². The molecule has 0 spiro atoms. The van der Waals surface area contributed by atoms with Gasteiger partial charge in [-0.15, -0.1) is 0 Å². The first-order valence-electron chi connectivity index (χ1n) is 8.08. The first-order valence-corrected chi connectivity index (χ1v) is 11.0. The Morgan fingerprint density at radius 2 is 0.688 bits per heavy atom. The molecule has 0 heterocycles. The van der Waals surface area contributed by atoms with Gasteiger partial charge in [0, 0.05) is 0 Å². The monoisotopic (exact) mass is 776 g/mol. The molecule has 2 aliphatic carbocycles. The van der Waals surface area contributed by atoms with Gasteiger partial charge in [0.15, 0.2) is 0 Å². The predicted molar refractivity (Wildman–Crippen MR) is 104 cm³/mol. The molecule has 2 fully saturated rings. The van der Waals surface area contributed by atoms with Crippen LogP contribution in [0.4, 0.5) is 0 Å². The van der Waals surface area contributed by atoms with Gasteiger partial charge < -0.3 is 0 Å². The topological polar surface area (TPSA) is 104 Å². The Morgan fingerprint density at radius 3 is 0.781 bits per heavy atom.